The molecule has 0 bridgehead atoms. The summed E-state index contributed by atoms with van der Waals surface area (Å²) in [6.45, 7) is 6.76. The van der Waals surface area contributed by atoms with Crippen LogP contribution in [0, 0.1) is 0 Å². The van der Waals surface area contributed by atoms with Crippen molar-refractivity contribution in [1.29, 1.82) is 0 Å². The molecule has 4 nitrogen and oxygen atoms in total. The van der Waals surface area contributed by atoms with Crippen LogP contribution in [0.15, 0.2) is 0 Å². The molecule has 100 valence electrons. The highest BCUT2D eigenvalue weighted by Crippen LogP contribution is 2.27. The highest BCUT2D eigenvalue weighted by Gasteiger charge is 2.26. The number of aromatic nitrogens is 2. The van der Waals surface area contributed by atoms with Crippen molar-refractivity contribution in [3.63, 3.8) is 0 Å². The van der Waals surface area contributed by atoms with Crippen molar-refractivity contribution in [1.82, 2.24) is 20.0 Å². The summed E-state index contributed by atoms with van der Waals surface area (Å²) >= 11 is 0. The van der Waals surface area contributed by atoms with Gasteiger partial charge in [-0.3, -0.25) is 4.68 Å². The third-order valence-electron chi connectivity index (χ3n) is 4.41. The number of aryl methyl sites for hydroxylation is 1. The molecule has 1 aromatic heterocycles. The molecule has 0 saturated carbocycles. The van der Waals surface area contributed by atoms with Crippen molar-refractivity contribution in [3.8, 4) is 0 Å². The standard InChI is InChI=1S/C14H24N4/c1-3-13-12-10-15-7-4-14(12)18(16-13)11-5-8-17(2)9-6-11/h11,15H,3-10H2,1-2H3. The molecule has 2 aliphatic rings. The molecule has 3 heterocycles. The van der Waals surface area contributed by atoms with Gasteiger partial charge in [-0.05, 0) is 39.4 Å². The minimum absolute atomic E-state index is 0.633. The summed E-state index contributed by atoms with van der Waals surface area (Å²) < 4.78 is 2.38. The van der Waals surface area contributed by atoms with Gasteiger partial charge in [-0.15, -0.1) is 0 Å². The number of hydrogen-bond acceptors (Lipinski definition) is 3. The topological polar surface area (TPSA) is 33.1 Å². The van der Waals surface area contributed by atoms with Crippen LogP contribution in [0.25, 0.3) is 0 Å². The van der Waals surface area contributed by atoms with Crippen molar-refractivity contribution in [2.75, 3.05) is 26.7 Å². The summed E-state index contributed by atoms with van der Waals surface area (Å²) in [4.78, 5) is 2.43. The summed E-state index contributed by atoms with van der Waals surface area (Å²) in [7, 11) is 2.22. The summed E-state index contributed by atoms with van der Waals surface area (Å²) in [6, 6.07) is 0.633. The van der Waals surface area contributed by atoms with E-state index < -0.39 is 0 Å². The molecule has 0 amide bonds. The third-order valence-corrected chi connectivity index (χ3v) is 4.41. The Morgan fingerprint density at radius 1 is 1.33 bits per heavy atom. The molecule has 0 aliphatic carbocycles. The van der Waals surface area contributed by atoms with Gasteiger partial charge in [-0.2, -0.15) is 5.10 Å². The highest BCUT2D eigenvalue weighted by atomic mass is 15.3. The molecule has 0 unspecified atom stereocenters. The average molecular weight is 248 g/mol. The van der Waals surface area contributed by atoms with Gasteiger partial charge in [-0.25, -0.2) is 0 Å². The monoisotopic (exact) mass is 248 g/mol. The molecule has 0 atom stereocenters. The average Bonchev–Trinajstić information content (AvgIpc) is 2.79. The van der Waals surface area contributed by atoms with Crippen LogP contribution in [0.1, 0.15) is 42.8 Å². The Hall–Kier alpha value is -0.870. The van der Waals surface area contributed by atoms with Gasteiger partial charge in [0.25, 0.3) is 0 Å². The lowest BCUT2D eigenvalue weighted by atomic mass is 10.0. The number of rotatable bonds is 2. The molecule has 4 heteroatoms. The minimum atomic E-state index is 0.633. The van der Waals surface area contributed by atoms with Crippen molar-refractivity contribution in [2.45, 2.75) is 45.2 Å². The Labute approximate surface area is 109 Å². The zero-order valence-corrected chi connectivity index (χ0v) is 11.6. The van der Waals surface area contributed by atoms with Gasteiger partial charge in [0.15, 0.2) is 0 Å². The number of hydrogen-bond donors (Lipinski definition) is 1. The second-order valence-corrected chi connectivity index (χ2v) is 5.63. The quantitative estimate of drug-likeness (QED) is 0.858. The third kappa shape index (κ3) is 2.08. The number of likely N-dealkylation sites (tertiary alicyclic amines) is 1. The maximum absolute atomic E-state index is 4.92. The van der Waals surface area contributed by atoms with Gasteiger partial charge in [-0.1, -0.05) is 6.92 Å². The van der Waals surface area contributed by atoms with Crippen molar-refractivity contribution in [2.24, 2.45) is 0 Å². The highest BCUT2D eigenvalue weighted by molar-refractivity contribution is 5.29. The number of nitrogens with one attached hydrogen (secondary N) is 1. The van der Waals surface area contributed by atoms with Crippen LogP contribution in [0.2, 0.25) is 0 Å². The van der Waals surface area contributed by atoms with E-state index in [2.05, 4.69) is 28.9 Å². The lowest BCUT2D eigenvalue weighted by Crippen LogP contribution is -2.33. The SMILES string of the molecule is CCc1nn(C2CCN(C)CC2)c2c1CNCC2. The molecular formula is C14H24N4. The van der Waals surface area contributed by atoms with E-state index in [0.29, 0.717) is 6.04 Å². The zero-order valence-electron chi connectivity index (χ0n) is 11.6. The fourth-order valence-electron chi connectivity index (χ4n) is 3.27. The van der Waals surface area contributed by atoms with Gasteiger partial charge in [0, 0.05) is 30.8 Å². The smallest absolute Gasteiger partial charge is 0.0669 e. The van der Waals surface area contributed by atoms with E-state index >= 15 is 0 Å². The van der Waals surface area contributed by atoms with Gasteiger partial charge in [0.2, 0.25) is 0 Å². The fourth-order valence-corrected chi connectivity index (χ4v) is 3.27. The molecule has 1 N–H and O–H groups in total. The molecule has 18 heavy (non-hydrogen) atoms. The Balaban J connectivity index is 1.89. The van der Waals surface area contributed by atoms with Crippen LogP contribution in [-0.2, 0) is 19.4 Å². The largest absolute Gasteiger partial charge is 0.312 e. The first kappa shape index (κ1) is 12.2. The summed E-state index contributed by atoms with van der Waals surface area (Å²) in [5, 5.41) is 8.39. The van der Waals surface area contributed by atoms with E-state index in [4.69, 9.17) is 5.10 Å². The van der Waals surface area contributed by atoms with Crippen LogP contribution in [0.5, 0.6) is 0 Å². The van der Waals surface area contributed by atoms with E-state index in [1.165, 1.54) is 42.9 Å². The predicted molar refractivity (Wildman–Crippen MR) is 72.8 cm³/mol. The first-order valence-electron chi connectivity index (χ1n) is 7.28. The van der Waals surface area contributed by atoms with Gasteiger partial charge < -0.3 is 10.2 Å². The van der Waals surface area contributed by atoms with E-state index in [-0.39, 0.29) is 0 Å². The normalized spacial score (nSPS) is 22.1. The molecule has 0 radical (unpaired) electrons. The maximum atomic E-state index is 4.92. The molecule has 0 aromatic carbocycles. The Kier molecular flexibility index (Phi) is 3.39. The van der Waals surface area contributed by atoms with E-state index in [0.717, 1.165) is 25.9 Å². The van der Waals surface area contributed by atoms with Crippen molar-refractivity contribution >= 4 is 0 Å². The maximum Gasteiger partial charge on any atom is 0.0669 e. The molecular weight excluding hydrogens is 224 g/mol. The van der Waals surface area contributed by atoms with Crippen LogP contribution >= 0.6 is 0 Å². The second kappa shape index (κ2) is 5.02. The fraction of sp³-hybridized carbons (Fsp3) is 0.786. The molecule has 0 spiro atoms. The van der Waals surface area contributed by atoms with Crippen LogP contribution < -0.4 is 5.32 Å². The molecule has 1 fully saturated rings. The van der Waals surface area contributed by atoms with Gasteiger partial charge in [0.1, 0.15) is 0 Å². The molecule has 1 saturated heterocycles. The Morgan fingerprint density at radius 2 is 2.11 bits per heavy atom. The molecule has 2 aliphatic heterocycles. The number of nitrogens with zero attached hydrogens (tertiary/aromatic N) is 3. The predicted octanol–water partition coefficient (Wildman–Crippen LogP) is 1.36. The second-order valence-electron chi connectivity index (χ2n) is 5.63. The van der Waals surface area contributed by atoms with Crippen LogP contribution in [-0.4, -0.2) is 41.4 Å². The molecule has 3 rings (SSSR count). The van der Waals surface area contributed by atoms with E-state index in [1.807, 2.05) is 0 Å². The lowest BCUT2D eigenvalue weighted by Gasteiger charge is -2.30. The first-order valence-corrected chi connectivity index (χ1v) is 7.28. The zero-order chi connectivity index (χ0) is 12.5. The van der Waals surface area contributed by atoms with Crippen LogP contribution in [0.3, 0.4) is 0 Å². The summed E-state index contributed by atoms with van der Waals surface area (Å²) in [5.74, 6) is 0. The minimum Gasteiger partial charge on any atom is -0.312 e. The number of fused-ring (bicyclic) bond motifs is 1. The van der Waals surface area contributed by atoms with Crippen molar-refractivity contribution < 1.29 is 0 Å². The first-order chi connectivity index (χ1) is 8.79. The van der Waals surface area contributed by atoms with Crippen LogP contribution in [0.4, 0.5) is 0 Å². The Morgan fingerprint density at radius 3 is 2.83 bits per heavy atom. The van der Waals surface area contributed by atoms with E-state index in [1.54, 1.807) is 0 Å². The van der Waals surface area contributed by atoms with Crippen molar-refractivity contribution in [3.05, 3.63) is 17.0 Å². The Bertz CT molecular complexity index is 416. The summed E-state index contributed by atoms with van der Waals surface area (Å²) in [6.07, 6.45) is 4.71. The van der Waals surface area contributed by atoms with Gasteiger partial charge >= 0.3 is 0 Å². The lowest BCUT2D eigenvalue weighted by molar-refractivity contribution is 0.209. The van der Waals surface area contributed by atoms with E-state index in [9.17, 15) is 0 Å². The molecule has 1 aromatic rings. The summed E-state index contributed by atoms with van der Waals surface area (Å²) in [5.41, 5.74) is 4.32. The number of piperidine rings is 1. The van der Waals surface area contributed by atoms with Gasteiger partial charge in [0.05, 0.1) is 11.7 Å².